The summed E-state index contributed by atoms with van der Waals surface area (Å²) in [6.07, 6.45) is 1.73. The van der Waals surface area contributed by atoms with Crippen molar-refractivity contribution in [2.24, 2.45) is 11.3 Å². The van der Waals surface area contributed by atoms with Crippen LogP contribution in [0.5, 0.6) is 0 Å². The number of sulfone groups is 1. The van der Waals surface area contributed by atoms with Crippen LogP contribution < -0.4 is 5.32 Å². The van der Waals surface area contributed by atoms with E-state index < -0.39 is 9.84 Å². The molecule has 2 aliphatic heterocycles. The van der Waals surface area contributed by atoms with Crippen LogP contribution >= 0.6 is 0 Å². The monoisotopic (exact) mass is 217 g/mol. The van der Waals surface area contributed by atoms with Gasteiger partial charge in [0.2, 0.25) is 0 Å². The fourth-order valence-electron chi connectivity index (χ4n) is 2.88. The normalized spacial score (nSPS) is 34.4. The molecule has 4 heteroatoms. The average molecular weight is 217 g/mol. The zero-order valence-electron chi connectivity index (χ0n) is 8.91. The van der Waals surface area contributed by atoms with Gasteiger partial charge in [0.15, 0.2) is 0 Å². The van der Waals surface area contributed by atoms with E-state index in [1.54, 1.807) is 0 Å². The Morgan fingerprint density at radius 3 is 2.21 bits per heavy atom. The maximum absolute atomic E-state index is 11.3. The van der Waals surface area contributed by atoms with E-state index in [2.05, 4.69) is 19.2 Å². The van der Waals surface area contributed by atoms with Crippen molar-refractivity contribution in [3.05, 3.63) is 0 Å². The summed E-state index contributed by atoms with van der Waals surface area (Å²) >= 11 is 0. The van der Waals surface area contributed by atoms with Crippen LogP contribution in [-0.2, 0) is 9.84 Å². The van der Waals surface area contributed by atoms with Crippen molar-refractivity contribution < 1.29 is 8.42 Å². The van der Waals surface area contributed by atoms with Gasteiger partial charge in [-0.3, -0.25) is 0 Å². The second kappa shape index (κ2) is 3.20. The van der Waals surface area contributed by atoms with Crippen LogP contribution in [0.4, 0.5) is 0 Å². The quantitative estimate of drug-likeness (QED) is 0.707. The molecule has 0 aromatic heterocycles. The van der Waals surface area contributed by atoms with Gasteiger partial charge in [-0.25, -0.2) is 8.42 Å². The summed E-state index contributed by atoms with van der Waals surface area (Å²) in [6, 6.07) is 0.540. The number of rotatable bonds is 1. The van der Waals surface area contributed by atoms with E-state index in [-0.39, 0.29) is 0 Å². The highest BCUT2D eigenvalue weighted by Gasteiger charge is 2.50. The topological polar surface area (TPSA) is 46.2 Å². The lowest BCUT2D eigenvalue weighted by Gasteiger charge is -2.54. The highest BCUT2D eigenvalue weighted by molar-refractivity contribution is 7.91. The minimum atomic E-state index is -2.71. The molecule has 1 N–H and O–H groups in total. The lowest BCUT2D eigenvalue weighted by molar-refractivity contribution is 0.0381. The van der Waals surface area contributed by atoms with Gasteiger partial charge in [-0.2, -0.15) is 0 Å². The Kier molecular flexibility index (Phi) is 2.39. The second-order valence-electron chi connectivity index (χ2n) is 5.12. The molecule has 82 valence electrons. The van der Waals surface area contributed by atoms with Gasteiger partial charge in [0, 0.05) is 18.0 Å². The molecule has 0 aromatic carbocycles. The fourth-order valence-corrected chi connectivity index (χ4v) is 4.52. The molecule has 1 spiro atoms. The molecule has 2 aliphatic rings. The first-order valence-electron chi connectivity index (χ1n) is 5.39. The van der Waals surface area contributed by atoms with Crippen LogP contribution in [0.1, 0.15) is 26.7 Å². The van der Waals surface area contributed by atoms with E-state index in [1.807, 2.05) is 0 Å². The van der Waals surface area contributed by atoms with Crippen LogP contribution in [0.2, 0.25) is 0 Å². The molecule has 3 nitrogen and oxygen atoms in total. The molecular formula is C10H19NO2S. The van der Waals surface area contributed by atoms with Gasteiger partial charge in [-0.15, -0.1) is 0 Å². The summed E-state index contributed by atoms with van der Waals surface area (Å²) in [4.78, 5) is 0. The maximum atomic E-state index is 11.3. The van der Waals surface area contributed by atoms with E-state index in [0.717, 1.165) is 19.4 Å². The zero-order valence-corrected chi connectivity index (χ0v) is 9.73. The molecule has 0 radical (unpaired) electrons. The summed E-state index contributed by atoms with van der Waals surface area (Å²) in [5.41, 5.74) is 0.305. The van der Waals surface area contributed by atoms with Crippen LogP contribution in [0.15, 0.2) is 0 Å². The molecule has 14 heavy (non-hydrogen) atoms. The molecule has 0 bridgehead atoms. The Hall–Kier alpha value is -0.0900. The lowest BCUT2D eigenvalue weighted by atomic mass is 9.65. The molecule has 2 rings (SSSR count). The van der Waals surface area contributed by atoms with Crippen molar-refractivity contribution in [3.63, 3.8) is 0 Å². The van der Waals surface area contributed by atoms with E-state index in [0.29, 0.717) is 28.9 Å². The Balaban J connectivity index is 2.07. The van der Waals surface area contributed by atoms with Crippen molar-refractivity contribution in [1.82, 2.24) is 5.32 Å². The Morgan fingerprint density at radius 1 is 1.29 bits per heavy atom. The molecule has 0 aromatic rings. The highest BCUT2D eigenvalue weighted by Crippen LogP contribution is 2.43. The predicted octanol–water partition coefficient (Wildman–Crippen LogP) is 0.809. The first-order chi connectivity index (χ1) is 6.45. The first-order valence-corrected chi connectivity index (χ1v) is 7.21. The van der Waals surface area contributed by atoms with Gasteiger partial charge in [-0.1, -0.05) is 13.8 Å². The van der Waals surface area contributed by atoms with Crippen molar-refractivity contribution in [2.45, 2.75) is 32.7 Å². The van der Waals surface area contributed by atoms with Crippen molar-refractivity contribution >= 4 is 9.84 Å². The van der Waals surface area contributed by atoms with E-state index in [4.69, 9.17) is 0 Å². The number of hydrogen-bond donors (Lipinski definition) is 1. The van der Waals surface area contributed by atoms with E-state index in [1.165, 1.54) is 0 Å². The SMILES string of the molecule is CC(C)C1NCC12CCS(=O)(=O)CC2. The number of hydrogen-bond acceptors (Lipinski definition) is 3. The maximum Gasteiger partial charge on any atom is 0.150 e. The number of nitrogens with one attached hydrogen (secondary N) is 1. The van der Waals surface area contributed by atoms with Crippen molar-refractivity contribution in [2.75, 3.05) is 18.1 Å². The Morgan fingerprint density at radius 2 is 1.86 bits per heavy atom. The summed E-state index contributed by atoms with van der Waals surface area (Å²) in [5, 5.41) is 3.44. The molecule has 2 heterocycles. The van der Waals surface area contributed by atoms with Gasteiger partial charge in [0.1, 0.15) is 9.84 Å². The van der Waals surface area contributed by atoms with Crippen molar-refractivity contribution in [1.29, 1.82) is 0 Å². The summed E-state index contributed by atoms with van der Waals surface area (Å²) in [5.74, 6) is 1.42. The first kappa shape index (κ1) is 10.4. The molecule has 2 saturated heterocycles. The molecule has 1 unspecified atom stereocenters. The smallest absolute Gasteiger partial charge is 0.150 e. The van der Waals surface area contributed by atoms with E-state index >= 15 is 0 Å². The predicted molar refractivity (Wildman–Crippen MR) is 56.9 cm³/mol. The van der Waals surface area contributed by atoms with Crippen LogP contribution in [-0.4, -0.2) is 32.5 Å². The largest absolute Gasteiger partial charge is 0.313 e. The molecule has 2 fully saturated rings. The lowest BCUT2D eigenvalue weighted by Crippen LogP contribution is -2.66. The summed E-state index contributed by atoms with van der Waals surface area (Å²) < 4.78 is 22.7. The third-order valence-corrected chi connectivity index (χ3v) is 5.47. The van der Waals surface area contributed by atoms with E-state index in [9.17, 15) is 8.42 Å². The average Bonchev–Trinajstić information content (AvgIpc) is 2.01. The van der Waals surface area contributed by atoms with Gasteiger partial charge >= 0.3 is 0 Å². The van der Waals surface area contributed by atoms with Crippen LogP contribution in [0, 0.1) is 11.3 Å². The third kappa shape index (κ3) is 1.58. The van der Waals surface area contributed by atoms with Crippen molar-refractivity contribution in [3.8, 4) is 0 Å². The minimum absolute atomic E-state index is 0.305. The molecular weight excluding hydrogens is 198 g/mol. The Labute approximate surface area is 86.2 Å². The standard InChI is InChI=1S/C10H19NO2S/c1-8(2)9-10(7-11-9)3-5-14(12,13)6-4-10/h8-9,11H,3-7H2,1-2H3. The van der Waals surface area contributed by atoms with Gasteiger partial charge in [0.05, 0.1) is 11.5 Å². The fraction of sp³-hybridized carbons (Fsp3) is 1.00. The highest BCUT2D eigenvalue weighted by atomic mass is 32.2. The second-order valence-corrected chi connectivity index (χ2v) is 7.42. The molecule has 0 saturated carbocycles. The summed E-state index contributed by atoms with van der Waals surface area (Å²) in [6.45, 7) is 5.44. The molecule has 0 aliphatic carbocycles. The van der Waals surface area contributed by atoms with Crippen LogP contribution in [0.25, 0.3) is 0 Å². The minimum Gasteiger partial charge on any atom is -0.313 e. The van der Waals surface area contributed by atoms with Gasteiger partial charge < -0.3 is 5.32 Å². The molecule has 1 atom stereocenters. The van der Waals surface area contributed by atoms with Crippen LogP contribution in [0.3, 0.4) is 0 Å². The summed E-state index contributed by atoms with van der Waals surface area (Å²) in [7, 11) is -2.71. The van der Waals surface area contributed by atoms with Gasteiger partial charge in [-0.05, 0) is 18.8 Å². The van der Waals surface area contributed by atoms with Gasteiger partial charge in [0.25, 0.3) is 0 Å². The Bertz CT molecular complexity index is 307. The molecule has 0 amide bonds. The zero-order chi connectivity index (χ0) is 10.4. The third-order valence-electron chi connectivity index (χ3n) is 3.82.